The van der Waals surface area contributed by atoms with Gasteiger partial charge in [0, 0.05) is 5.92 Å². The van der Waals surface area contributed by atoms with Gasteiger partial charge in [0.15, 0.2) is 6.23 Å². The van der Waals surface area contributed by atoms with Crippen LogP contribution in [-0.2, 0) is 4.74 Å². The van der Waals surface area contributed by atoms with Crippen LogP contribution in [0, 0.1) is 5.92 Å². The van der Waals surface area contributed by atoms with E-state index < -0.39 is 18.3 Å². The molecule has 0 bridgehead atoms. The zero-order valence-electron chi connectivity index (χ0n) is 6.64. The topological polar surface area (TPSA) is 33.6 Å². The lowest BCUT2D eigenvalue weighted by Gasteiger charge is -2.14. The number of ether oxygens (including phenoxy) is 1. The summed E-state index contributed by atoms with van der Waals surface area (Å²) < 4.78 is 40.2. The highest BCUT2D eigenvalue weighted by Gasteiger charge is 2.43. The number of nitrogens with zero attached hydrogens (tertiary/aromatic N) is 1. The molecule has 1 rings (SSSR count). The average molecular weight is 182 g/mol. The molecule has 0 aromatic carbocycles. The van der Waals surface area contributed by atoms with E-state index in [0.717, 1.165) is 0 Å². The molecular weight excluding hydrogens is 173 g/mol. The Morgan fingerprint density at radius 1 is 1.50 bits per heavy atom. The van der Waals surface area contributed by atoms with Crippen LogP contribution in [-0.4, -0.2) is 18.3 Å². The molecule has 1 N–H and O–H groups in total. The number of alkyl halides is 3. The van der Waals surface area contributed by atoms with E-state index in [0.29, 0.717) is 0 Å². The van der Waals surface area contributed by atoms with Crippen LogP contribution in [0.3, 0.4) is 0 Å². The third-order valence-corrected chi connectivity index (χ3v) is 1.38. The van der Waals surface area contributed by atoms with Crippen LogP contribution in [0.25, 0.3) is 0 Å². The summed E-state index contributed by atoms with van der Waals surface area (Å²) in [6.07, 6.45) is -5.15. The summed E-state index contributed by atoms with van der Waals surface area (Å²) in [5, 5.41) is 3.03. The molecule has 6 heteroatoms. The van der Waals surface area contributed by atoms with E-state index in [4.69, 9.17) is 0 Å². The van der Waals surface area contributed by atoms with Gasteiger partial charge in [-0.3, -0.25) is 5.43 Å². The van der Waals surface area contributed by atoms with Crippen molar-refractivity contribution in [3.63, 3.8) is 0 Å². The predicted molar refractivity (Wildman–Crippen MR) is 36.3 cm³/mol. The lowest BCUT2D eigenvalue weighted by atomic mass is 10.2. The molecule has 0 radical (unpaired) electrons. The van der Waals surface area contributed by atoms with Gasteiger partial charge >= 0.3 is 12.1 Å². The maximum Gasteiger partial charge on any atom is 0.470 e. The smallest absolute Gasteiger partial charge is 0.448 e. The SMILES string of the molecule is CC(C)C1NN=C(C(F)(F)F)O1. The van der Waals surface area contributed by atoms with Crippen molar-refractivity contribution in [1.29, 1.82) is 0 Å². The van der Waals surface area contributed by atoms with Gasteiger partial charge in [-0.05, 0) is 0 Å². The summed E-state index contributed by atoms with van der Waals surface area (Å²) in [5.74, 6) is -1.24. The summed E-state index contributed by atoms with van der Waals surface area (Å²) >= 11 is 0. The molecule has 0 fully saturated rings. The Kier molecular flexibility index (Phi) is 2.16. The minimum atomic E-state index is -4.49. The zero-order valence-corrected chi connectivity index (χ0v) is 6.64. The van der Waals surface area contributed by atoms with Crippen LogP contribution in [0.4, 0.5) is 13.2 Å². The van der Waals surface area contributed by atoms with Crippen LogP contribution in [0.5, 0.6) is 0 Å². The molecule has 0 aromatic heterocycles. The van der Waals surface area contributed by atoms with Crippen LogP contribution in [0.2, 0.25) is 0 Å². The van der Waals surface area contributed by atoms with Crippen molar-refractivity contribution in [3.05, 3.63) is 0 Å². The molecule has 1 atom stereocenters. The Bertz CT molecular complexity index is 199. The molecule has 3 nitrogen and oxygen atoms in total. The summed E-state index contributed by atoms with van der Waals surface area (Å²) in [6, 6.07) is 0. The first-order valence-corrected chi connectivity index (χ1v) is 3.48. The Morgan fingerprint density at radius 3 is 2.33 bits per heavy atom. The molecule has 0 spiro atoms. The van der Waals surface area contributed by atoms with Gasteiger partial charge in [0.2, 0.25) is 0 Å². The van der Waals surface area contributed by atoms with Crippen LogP contribution in [0.15, 0.2) is 5.10 Å². The van der Waals surface area contributed by atoms with E-state index in [1.807, 2.05) is 0 Å². The molecule has 12 heavy (non-hydrogen) atoms. The maximum absolute atomic E-state index is 11.9. The second kappa shape index (κ2) is 2.84. The van der Waals surface area contributed by atoms with Crippen molar-refractivity contribution >= 4 is 5.90 Å². The van der Waals surface area contributed by atoms with Crippen LogP contribution in [0.1, 0.15) is 13.8 Å². The van der Waals surface area contributed by atoms with Crippen molar-refractivity contribution in [3.8, 4) is 0 Å². The van der Waals surface area contributed by atoms with E-state index >= 15 is 0 Å². The van der Waals surface area contributed by atoms with Gasteiger partial charge in [-0.1, -0.05) is 13.8 Å². The largest absolute Gasteiger partial charge is 0.470 e. The fourth-order valence-corrected chi connectivity index (χ4v) is 0.711. The minimum absolute atomic E-state index is 0.0476. The fourth-order valence-electron chi connectivity index (χ4n) is 0.711. The molecule has 1 aliphatic rings. The fraction of sp³-hybridized carbons (Fsp3) is 0.833. The molecule has 0 aliphatic carbocycles. The third-order valence-electron chi connectivity index (χ3n) is 1.38. The van der Waals surface area contributed by atoms with Crippen LogP contribution < -0.4 is 5.43 Å². The number of halogens is 3. The average Bonchev–Trinajstić information content (AvgIpc) is 2.30. The molecule has 0 saturated heterocycles. The Balaban J connectivity index is 2.55. The van der Waals surface area contributed by atoms with Gasteiger partial charge in [0.1, 0.15) is 0 Å². The molecule has 0 aromatic rings. The van der Waals surface area contributed by atoms with Crippen LogP contribution >= 0.6 is 0 Å². The zero-order chi connectivity index (χ0) is 9.35. The second-order valence-electron chi connectivity index (χ2n) is 2.83. The van der Waals surface area contributed by atoms with E-state index in [-0.39, 0.29) is 5.92 Å². The van der Waals surface area contributed by atoms with Crippen molar-refractivity contribution < 1.29 is 17.9 Å². The van der Waals surface area contributed by atoms with Crippen molar-refractivity contribution in [2.45, 2.75) is 26.3 Å². The number of hydrogen-bond acceptors (Lipinski definition) is 3. The number of nitrogens with one attached hydrogen (secondary N) is 1. The summed E-state index contributed by atoms with van der Waals surface area (Å²) in [6.45, 7) is 3.49. The van der Waals surface area contributed by atoms with E-state index in [9.17, 15) is 13.2 Å². The minimum Gasteiger partial charge on any atom is -0.448 e. The van der Waals surface area contributed by atoms with E-state index in [1.165, 1.54) is 0 Å². The second-order valence-corrected chi connectivity index (χ2v) is 2.83. The lowest BCUT2D eigenvalue weighted by molar-refractivity contribution is -0.0812. The highest BCUT2D eigenvalue weighted by molar-refractivity contribution is 5.82. The van der Waals surface area contributed by atoms with Crippen molar-refractivity contribution in [2.24, 2.45) is 11.0 Å². The molecule has 70 valence electrons. The van der Waals surface area contributed by atoms with Gasteiger partial charge in [0.05, 0.1) is 0 Å². The number of rotatable bonds is 1. The molecule has 1 aliphatic heterocycles. The quantitative estimate of drug-likeness (QED) is 0.666. The van der Waals surface area contributed by atoms with E-state index in [1.54, 1.807) is 13.8 Å². The summed E-state index contributed by atoms with van der Waals surface area (Å²) in [5.41, 5.74) is 2.26. The maximum atomic E-state index is 11.9. The number of hydrogen-bond donors (Lipinski definition) is 1. The van der Waals surface area contributed by atoms with Gasteiger partial charge in [0.25, 0.3) is 0 Å². The van der Waals surface area contributed by atoms with Gasteiger partial charge in [-0.25, -0.2) is 0 Å². The Hall–Kier alpha value is -0.940. The third kappa shape index (κ3) is 1.80. The highest BCUT2D eigenvalue weighted by Crippen LogP contribution is 2.22. The molecule has 1 unspecified atom stereocenters. The van der Waals surface area contributed by atoms with E-state index in [2.05, 4.69) is 15.3 Å². The Labute approximate surface area is 67.6 Å². The van der Waals surface area contributed by atoms with Gasteiger partial charge < -0.3 is 4.74 Å². The normalized spacial score (nSPS) is 23.5. The molecule has 0 amide bonds. The molecule has 1 heterocycles. The molecular formula is C6H9F3N2O. The van der Waals surface area contributed by atoms with Crippen molar-refractivity contribution in [1.82, 2.24) is 5.43 Å². The summed E-state index contributed by atoms with van der Waals surface area (Å²) in [7, 11) is 0. The Morgan fingerprint density at radius 2 is 2.08 bits per heavy atom. The monoisotopic (exact) mass is 182 g/mol. The molecule has 0 saturated carbocycles. The number of hydrazone groups is 1. The predicted octanol–water partition coefficient (Wildman–Crippen LogP) is 1.46. The van der Waals surface area contributed by atoms with Crippen molar-refractivity contribution in [2.75, 3.05) is 0 Å². The first-order valence-electron chi connectivity index (χ1n) is 3.48. The highest BCUT2D eigenvalue weighted by atomic mass is 19.4. The standard InChI is InChI=1S/C6H9F3N2O/c1-3(2)4-10-11-5(12-4)6(7,8)9/h3-4,10H,1-2H3. The summed E-state index contributed by atoms with van der Waals surface area (Å²) in [4.78, 5) is 0. The first-order chi connectivity index (χ1) is 5.41. The first kappa shape index (κ1) is 9.15. The van der Waals surface area contributed by atoms with Gasteiger partial charge in [-0.2, -0.15) is 13.2 Å². The van der Waals surface area contributed by atoms with Gasteiger partial charge in [-0.15, -0.1) is 5.10 Å². The lowest BCUT2D eigenvalue weighted by Crippen LogP contribution is -2.30.